The zero-order valence-electron chi connectivity index (χ0n) is 11.8. The molecular weight excluding hydrogens is 268 g/mol. The lowest BCUT2D eigenvalue weighted by Gasteiger charge is -2.21. The Morgan fingerprint density at radius 3 is 2.57 bits per heavy atom. The van der Waals surface area contributed by atoms with Crippen LogP contribution in [0.15, 0.2) is 35.1 Å². The van der Waals surface area contributed by atoms with Crippen molar-refractivity contribution in [1.29, 1.82) is 0 Å². The van der Waals surface area contributed by atoms with E-state index in [4.69, 9.17) is 0 Å². The SMILES string of the molecule is CC1(C(=O)Nc2ccc(-c3cc(=O)[nH][nH]3)cc2)CCNC1. The molecule has 0 spiro atoms. The lowest BCUT2D eigenvalue weighted by Crippen LogP contribution is -2.35. The maximum Gasteiger partial charge on any atom is 0.264 e. The first-order chi connectivity index (χ1) is 10.1. The molecule has 6 heteroatoms. The van der Waals surface area contributed by atoms with Crippen molar-refractivity contribution in [3.63, 3.8) is 0 Å². The Morgan fingerprint density at radius 1 is 1.24 bits per heavy atom. The lowest BCUT2D eigenvalue weighted by molar-refractivity contribution is -0.123. The second-order valence-electron chi connectivity index (χ2n) is 5.69. The molecule has 1 atom stereocenters. The predicted octanol–water partition coefficient (Wildman–Crippen LogP) is 1.31. The van der Waals surface area contributed by atoms with Crippen molar-refractivity contribution in [3.8, 4) is 11.3 Å². The number of carbonyl (C=O) groups excluding carboxylic acids is 1. The van der Waals surface area contributed by atoms with Crippen LogP contribution >= 0.6 is 0 Å². The van der Waals surface area contributed by atoms with E-state index in [0.29, 0.717) is 6.54 Å². The van der Waals surface area contributed by atoms with Crippen LogP contribution in [0.1, 0.15) is 13.3 Å². The van der Waals surface area contributed by atoms with Gasteiger partial charge < -0.3 is 10.6 Å². The third-order valence-corrected chi connectivity index (χ3v) is 3.97. The number of carbonyl (C=O) groups is 1. The van der Waals surface area contributed by atoms with Gasteiger partial charge in [0.25, 0.3) is 5.56 Å². The molecule has 2 heterocycles. The highest BCUT2D eigenvalue weighted by Gasteiger charge is 2.36. The predicted molar refractivity (Wildman–Crippen MR) is 81.1 cm³/mol. The topological polar surface area (TPSA) is 89.8 Å². The van der Waals surface area contributed by atoms with Crippen molar-refractivity contribution < 1.29 is 4.79 Å². The lowest BCUT2D eigenvalue weighted by atomic mass is 9.88. The Bertz CT molecular complexity index is 693. The number of amides is 1. The van der Waals surface area contributed by atoms with Crippen LogP contribution in [0, 0.1) is 5.41 Å². The molecule has 0 bridgehead atoms. The Labute approximate surface area is 121 Å². The van der Waals surface area contributed by atoms with E-state index in [9.17, 15) is 9.59 Å². The second-order valence-corrected chi connectivity index (χ2v) is 5.69. The van der Waals surface area contributed by atoms with Crippen molar-refractivity contribution in [2.75, 3.05) is 18.4 Å². The highest BCUT2D eigenvalue weighted by atomic mass is 16.2. The number of aromatic nitrogens is 2. The zero-order valence-corrected chi connectivity index (χ0v) is 11.8. The van der Waals surface area contributed by atoms with E-state index in [1.807, 2.05) is 31.2 Å². The minimum Gasteiger partial charge on any atom is -0.326 e. The molecule has 2 aromatic rings. The molecule has 1 fully saturated rings. The average molecular weight is 286 g/mol. The third-order valence-electron chi connectivity index (χ3n) is 3.97. The molecule has 1 aliphatic rings. The van der Waals surface area contributed by atoms with Gasteiger partial charge in [-0.25, -0.2) is 0 Å². The van der Waals surface area contributed by atoms with Crippen LogP contribution in [0.2, 0.25) is 0 Å². The first-order valence-corrected chi connectivity index (χ1v) is 6.97. The molecule has 1 unspecified atom stereocenters. The molecule has 1 aromatic heterocycles. The smallest absolute Gasteiger partial charge is 0.264 e. The van der Waals surface area contributed by atoms with Crippen LogP contribution in [-0.2, 0) is 4.79 Å². The summed E-state index contributed by atoms with van der Waals surface area (Å²) >= 11 is 0. The molecule has 1 amide bonds. The van der Waals surface area contributed by atoms with E-state index in [0.717, 1.165) is 29.9 Å². The summed E-state index contributed by atoms with van der Waals surface area (Å²) in [5, 5.41) is 11.5. The number of anilines is 1. The summed E-state index contributed by atoms with van der Waals surface area (Å²) in [7, 11) is 0. The number of hydrogen-bond donors (Lipinski definition) is 4. The van der Waals surface area contributed by atoms with E-state index in [-0.39, 0.29) is 16.9 Å². The summed E-state index contributed by atoms with van der Waals surface area (Å²) in [6, 6.07) is 8.90. The average Bonchev–Trinajstić information content (AvgIpc) is 3.09. The van der Waals surface area contributed by atoms with Crippen LogP contribution in [0.5, 0.6) is 0 Å². The van der Waals surface area contributed by atoms with Gasteiger partial charge >= 0.3 is 0 Å². The third kappa shape index (κ3) is 2.75. The van der Waals surface area contributed by atoms with Crippen LogP contribution < -0.4 is 16.2 Å². The minimum atomic E-state index is -0.343. The van der Waals surface area contributed by atoms with Gasteiger partial charge in [-0.3, -0.25) is 19.8 Å². The maximum absolute atomic E-state index is 12.3. The van der Waals surface area contributed by atoms with Gasteiger partial charge in [-0.05, 0) is 37.6 Å². The normalized spacial score (nSPS) is 21.4. The molecule has 0 saturated carbocycles. The Morgan fingerprint density at radius 2 is 2.00 bits per heavy atom. The fourth-order valence-electron chi connectivity index (χ4n) is 2.51. The van der Waals surface area contributed by atoms with Crippen molar-refractivity contribution in [3.05, 3.63) is 40.7 Å². The number of nitrogens with one attached hydrogen (secondary N) is 4. The summed E-state index contributed by atoms with van der Waals surface area (Å²) in [5.74, 6) is 0.0373. The largest absolute Gasteiger partial charge is 0.326 e. The molecule has 1 aliphatic heterocycles. The fraction of sp³-hybridized carbons (Fsp3) is 0.333. The fourth-order valence-corrected chi connectivity index (χ4v) is 2.51. The van der Waals surface area contributed by atoms with E-state index in [1.54, 1.807) is 0 Å². The van der Waals surface area contributed by atoms with E-state index in [2.05, 4.69) is 20.8 Å². The highest BCUT2D eigenvalue weighted by molar-refractivity contribution is 5.95. The summed E-state index contributed by atoms with van der Waals surface area (Å²) in [6.45, 7) is 3.56. The number of benzene rings is 1. The quantitative estimate of drug-likeness (QED) is 0.686. The van der Waals surface area contributed by atoms with Gasteiger partial charge in [0.2, 0.25) is 5.91 Å². The Hall–Kier alpha value is -2.34. The molecule has 1 aromatic carbocycles. The molecule has 21 heavy (non-hydrogen) atoms. The van der Waals surface area contributed by atoms with Crippen LogP contribution in [-0.4, -0.2) is 29.2 Å². The van der Waals surface area contributed by atoms with Crippen LogP contribution in [0.4, 0.5) is 5.69 Å². The second kappa shape index (κ2) is 5.21. The first-order valence-electron chi connectivity index (χ1n) is 6.97. The summed E-state index contributed by atoms with van der Waals surface area (Å²) in [5.41, 5.74) is 1.87. The highest BCUT2D eigenvalue weighted by Crippen LogP contribution is 2.27. The summed E-state index contributed by atoms with van der Waals surface area (Å²) in [6.07, 6.45) is 0.849. The minimum absolute atomic E-state index is 0.0373. The van der Waals surface area contributed by atoms with Gasteiger partial charge in [-0.2, -0.15) is 0 Å². The number of H-pyrrole nitrogens is 2. The van der Waals surface area contributed by atoms with Crippen molar-refractivity contribution >= 4 is 11.6 Å². The van der Waals surface area contributed by atoms with Gasteiger partial charge in [0, 0.05) is 18.3 Å². The van der Waals surface area contributed by atoms with E-state index < -0.39 is 0 Å². The van der Waals surface area contributed by atoms with Crippen molar-refractivity contribution in [1.82, 2.24) is 15.5 Å². The first kappa shape index (κ1) is 13.6. The zero-order chi connectivity index (χ0) is 14.9. The number of rotatable bonds is 3. The number of aromatic amines is 2. The summed E-state index contributed by atoms with van der Waals surface area (Å²) in [4.78, 5) is 23.4. The summed E-state index contributed by atoms with van der Waals surface area (Å²) < 4.78 is 0. The Balaban J connectivity index is 1.72. The molecule has 110 valence electrons. The molecular formula is C15H18N4O2. The van der Waals surface area contributed by atoms with E-state index >= 15 is 0 Å². The van der Waals surface area contributed by atoms with Crippen LogP contribution in [0.25, 0.3) is 11.3 Å². The number of hydrogen-bond acceptors (Lipinski definition) is 3. The van der Waals surface area contributed by atoms with Crippen LogP contribution in [0.3, 0.4) is 0 Å². The molecule has 1 saturated heterocycles. The molecule has 6 nitrogen and oxygen atoms in total. The molecule has 4 N–H and O–H groups in total. The Kier molecular flexibility index (Phi) is 3.39. The van der Waals surface area contributed by atoms with Gasteiger partial charge in [0.15, 0.2) is 0 Å². The van der Waals surface area contributed by atoms with Gasteiger partial charge in [-0.1, -0.05) is 12.1 Å². The van der Waals surface area contributed by atoms with Gasteiger partial charge in [-0.15, -0.1) is 0 Å². The molecule has 3 rings (SSSR count). The molecule has 0 aliphatic carbocycles. The van der Waals surface area contributed by atoms with Crippen molar-refractivity contribution in [2.24, 2.45) is 5.41 Å². The van der Waals surface area contributed by atoms with Gasteiger partial charge in [0.1, 0.15) is 0 Å². The van der Waals surface area contributed by atoms with E-state index in [1.165, 1.54) is 6.07 Å². The van der Waals surface area contributed by atoms with Gasteiger partial charge in [0.05, 0.1) is 11.1 Å². The van der Waals surface area contributed by atoms with Crippen molar-refractivity contribution in [2.45, 2.75) is 13.3 Å². The maximum atomic E-state index is 12.3. The molecule has 0 radical (unpaired) electrons. The monoisotopic (exact) mass is 286 g/mol. The standard InChI is InChI=1S/C15H18N4O2/c1-15(6-7-16-9-15)14(21)17-11-4-2-10(3-5-11)12-8-13(20)19-18-12/h2-5,8,16H,6-7,9H2,1H3,(H,17,21)(H2,18,19,20).